The minimum Gasteiger partial charge on any atom is -0.368 e. The van der Waals surface area contributed by atoms with Gasteiger partial charge < -0.3 is 15.0 Å². The van der Waals surface area contributed by atoms with Gasteiger partial charge >= 0.3 is 0 Å². The van der Waals surface area contributed by atoms with E-state index in [1.165, 1.54) is 0 Å². The quantitative estimate of drug-likeness (QED) is 0.688. The molecule has 2 aliphatic rings. The molecule has 0 spiro atoms. The van der Waals surface area contributed by atoms with Crippen molar-refractivity contribution >= 4 is 29.1 Å². The van der Waals surface area contributed by atoms with Gasteiger partial charge in [0.1, 0.15) is 6.10 Å². The van der Waals surface area contributed by atoms with Crippen LogP contribution in [0, 0.1) is 13.8 Å². The number of carbonyl (C=O) groups excluding carboxylic acids is 2. The van der Waals surface area contributed by atoms with Gasteiger partial charge in [-0.25, -0.2) is 0 Å². The number of pyridine rings is 1. The fourth-order valence-corrected chi connectivity index (χ4v) is 4.93. The van der Waals surface area contributed by atoms with Gasteiger partial charge in [0.2, 0.25) is 0 Å². The molecule has 2 saturated heterocycles. The maximum atomic E-state index is 12.9. The van der Waals surface area contributed by atoms with E-state index in [1.54, 1.807) is 18.3 Å². The van der Waals surface area contributed by atoms with Crippen LogP contribution in [0.25, 0.3) is 0 Å². The number of carbonyl (C=O) groups is 2. The second-order valence-electron chi connectivity index (χ2n) is 9.35. The number of rotatable bonds is 5. The van der Waals surface area contributed by atoms with Crippen LogP contribution in [-0.2, 0) is 16.1 Å². The van der Waals surface area contributed by atoms with Crippen molar-refractivity contribution in [1.82, 2.24) is 14.8 Å². The molecule has 0 aliphatic carbocycles. The molecule has 2 aromatic rings. The van der Waals surface area contributed by atoms with Gasteiger partial charge in [-0.1, -0.05) is 11.6 Å². The molecule has 0 radical (unpaired) electrons. The largest absolute Gasteiger partial charge is 0.368 e. The monoisotopic (exact) mass is 484 g/mol. The minimum absolute atomic E-state index is 0.111. The molecule has 4 rings (SSSR count). The van der Waals surface area contributed by atoms with Crippen molar-refractivity contribution in [3.05, 3.63) is 57.9 Å². The van der Waals surface area contributed by atoms with E-state index in [0.717, 1.165) is 49.2 Å². The van der Waals surface area contributed by atoms with Gasteiger partial charge in [0.15, 0.2) is 0 Å². The molecule has 0 unspecified atom stereocenters. The molecule has 2 fully saturated rings. The number of anilines is 1. The lowest BCUT2D eigenvalue weighted by Crippen LogP contribution is -2.56. The summed E-state index contributed by atoms with van der Waals surface area (Å²) in [5.41, 5.74) is 4.11. The number of aryl methyl sites for hydroxylation is 1. The van der Waals surface area contributed by atoms with Gasteiger partial charge in [0, 0.05) is 61.4 Å². The lowest BCUT2D eigenvalue weighted by Gasteiger charge is -2.41. The maximum absolute atomic E-state index is 12.9. The van der Waals surface area contributed by atoms with Crippen LogP contribution in [0.15, 0.2) is 30.5 Å². The number of halogens is 1. The molecule has 2 aliphatic heterocycles. The lowest BCUT2D eigenvalue weighted by molar-refractivity contribution is -0.151. The number of ether oxygens (including phenoxy) is 1. The topological polar surface area (TPSA) is 74.8 Å². The maximum Gasteiger partial charge on any atom is 0.257 e. The average Bonchev–Trinajstić information content (AvgIpc) is 2.82. The van der Waals surface area contributed by atoms with E-state index in [2.05, 4.69) is 22.1 Å². The lowest BCUT2D eigenvalue weighted by atomic mass is 10.0. The fraction of sp³-hybridized carbons (Fsp3) is 0.500. The summed E-state index contributed by atoms with van der Waals surface area (Å²) in [6, 6.07) is 7.43. The van der Waals surface area contributed by atoms with Crippen LogP contribution >= 0.6 is 11.6 Å². The molecule has 8 heteroatoms. The molecular formula is C26H33ClN4O3. The zero-order valence-electron chi connectivity index (χ0n) is 20.1. The number of piperazine rings is 1. The van der Waals surface area contributed by atoms with Crippen molar-refractivity contribution in [2.24, 2.45) is 0 Å². The number of nitrogens with zero attached hydrogens (tertiary/aromatic N) is 3. The molecule has 2 amide bonds. The van der Waals surface area contributed by atoms with E-state index in [-0.39, 0.29) is 24.0 Å². The van der Waals surface area contributed by atoms with Gasteiger partial charge in [-0.15, -0.1) is 0 Å². The number of hydrogen-bond donors (Lipinski definition) is 1. The molecule has 34 heavy (non-hydrogen) atoms. The number of hydrogen-bond acceptors (Lipinski definition) is 5. The van der Waals surface area contributed by atoms with Crippen molar-refractivity contribution in [3.63, 3.8) is 0 Å². The van der Waals surface area contributed by atoms with E-state index in [1.807, 2.05) is 30.9 Å². The molecule has 1 aromatic carbocycles. The standard InChI is InChI=1S/C26H33ClN4O3/c1-17-7-8-20(14-28-17)25(32)29-23-13-22(27)12-21(19(23)3)16-30-9-10-31(18(2)15-30)26(33)24-6-4-5-11-34-24/h7-8,12-14,18,24H,4-6,9-11,15-16H2,1-3H3,(H,29,32)/t18-,24+/m0/s1. The van der Waals surface area contributed by atoms with Crippen molar-refractivity contribution in [2.45, 2.75) is 58.7 Å². The Morgan fingerprint density at radius 3 is 2.71 bits per heavy atom. The summed E-state index contributed by atoms with van der Waals surface area (Å²) >= 11 is 6.42. The third-order valence-corrected chi connectivity index (χ3v) is 6.96. The summed E-state index contributed by atoms with van der Waals surface area (Å²) in [6.07, 6.45) is 4.20. The predicted octanol–water partition coefficient (Wildman–Crippen LogP) is 4.21. The second kappa shape index (κ2) is 10.8. The van der Waals surface area contributed by atoms with Crippen LogP contribution in [0.2, 0.25) is 5.02 Å². The minimum atomic E-state index is -0.284. The van der Waals surface area contributed by atoms with Crippen molar-refractivity contribution < 1.29 is 14.3 Å². The Kier molecular flexibility index (Phi) is 7.86. The molecule has 1 aromatic heterocycles. The number of aromatic nitrogens is 1. The fourth-order valence-electron chi connectivity index (χ4n) is 4.69. The summed E-state index contributed by atoms with van der Waals surface area (Å²) in [5.74, 6) is -0.0872. The van der Waals surface area contributed by atoms with Crippen LogP contribution in [0.1, 0.15) is 53.4 Å². The normalized spacial score (nSPS) is 21.4. The van der Waals surface area contributed by atoms with Gasteiger partial charge in [-0.2, -0.15) is 0 Å². The van der Waals surface area contributed by atoms with E-state index >= 15 is 0 Å². The van der Waals surface area contributed by atoms with E-state index in [9.17, 15) is 9.59 Å². The first-order valence-electron chi connectivity index (χ1n) is 12.0. The van der Waals surface area contributed by atoms with Crippen LogP contribution in [0.4, 0.5) is 5.69 Å². The van der Waals surface area contributed by atoms with E-state index < -0.39 is 0 Å². The highest BCUT2D eigenvalue weighted by Gasteiger charge is 2.33. The Morgan fingerprint density at radius 2 is 2.03 bits per heavy atom. The van der Waals surface area contributed by atoms with Crippen LogP contribution in [0.5, 0.6) is 0 Å². The second-order valence-corrected chi connectivity index (χ2v) is 9.79. The summed E-state index contributed by atoms with van der Waals surface area (Å²) in [5, 5.41) is 3.56. The molecular weight excluding hydrogens is 452 g/mol. The van der Waals surface area contributed by atoms with E-state index in [4.69, 9.17) is 16.3 Å². The Balaban J connectivity index is 1.41. The molecule has 7 nitrogen and oxygen atoms in total. The molecule has 0 saturated carbocycles. The summed E-state index contributed by atoms with van der Waals surface area (Å²) in [4.78, 5) is 34.2. The van der Waals surface area contributed by atoms with Crippen molar-refractivity contribution in [1.29, 1.82) is 0 Å². The van der Waals surface area contributed by atoms with Gasteiger partial charge in [-0.3, -0.25) is 19.5 Å². The van der Waals surface area contributed by atoms with Gasteiger partial charge in [0.25, 0.3) is 11.8 Å². The third-order valence-electron chi connectivity index (χ3n) is 6.75. The number of nitrogens with one attached hydrogen (secondary N) is 1. The van der Waals surface area contributed by atoms with E-state index in [0.29, 0.717) is 36.0 Å². The molecule has 182 valence electrons. The summed E-state index contributed by atoms with van der Waals surface area (Å²) < 4.78 is 5.72. The van der Waals surface area contributed by atoms with Crippen LogP contribution < -0.4 is 5.32 Å². The Hall–Kier alpha value is -2.48. The SMILES string of the molecule is Cc1ccc(C(=O)Nc2cc(Cl)cc(CN3CCN(C(=O)[C@H]4CCCCO4)[C@@H](C)C3)c2C)cn1. The first-order chi connectivity index (χ1) is 16.3. The van der Waals surface area contributed by atoms with Crippen molar-refractivity contribution in [2.75, 3.05) is 31.6 Å². The zero-order chi connectivity index (χ0) is 24.2. The number of amides is 2. The van der Waals surface area contributed by atoms with Gasteiger partial charge in [-0.05, 0) is 75.4 Å². The van der Waals surface area contributed by atoms with Crippen molar-refractivity contribution in [3.8, 4) is 0 Å². The third kappa shape index (κ3) is 5.77. The summed E-state index contributed by atoms with van der Waals surface area (Å²) in [7, 11) is 0. The smallest absolute Gasteiger partial charge is 0.257 e. The number of benzene rings is 1. The highest BCUT2D eigenvalue weighted by atomic mass is 35.5. The summed E-state index contributed by atoms with van der Waals surface area (Å²) in [6.45, 7) is 9.61. The Labute approximate surface area is 206 Å². The highest BCUT2D eigenvalue weighted by molar-refractivity contribution is 6.31. The Bertz CT molecular complexity index is 1040. The molecule has 3 heterocycles. The highest BCUT2D eigenvalue weighted by Crippen LogP contribution is 2.27. The average molecular weight is 485 g/mol. The predicted molar refractivity (Wildman–Crippen MR) is 133 cm³/mol. The first-order valence-corrected chi connectivity index (χ1v) is 12.4. The van der Waals surface area contributed by atoms with Gasteiger partial charge in [0.05, 0.1) is 5.56 Å². The Morgan fingerprint density at radius 1 is 1.21 bits per heavy atom. The van der Waals surface area contributed by atoms with Crippen LogP contribution in [0.3, 0.4) is 0 Å². The molecule has 1 N–H and O–H groups in total. The molecule has 0 bridgehead atoms. The molecule has 2 atom stereocenters. The first kappa shape index (κ1) is 24.6. The van der Waals surface area contributed by atoms with Crippen LogP contribution in [-0.4, -0.2) is 65.0 Å². The zero-order valence-corrected chi connectivity index (χ0v) is 20.9.